The van der Waals surface area contributed by atoms with E-state index in [-0.39, 0.29) is 123 Å². The maximum atomic E-state index is 12.6. The number of ketones is 3. The fraction of sp³-hybridized carbons (Fsp3) is 0.763. The standard InChI is InChI=1S/C17H27ClN2O4.C14H24ClN3O3.C4H5F3O2.C2HF3O2.CH4/c1-11(2)6-14(7-12(3)21)15(22)10-20(16(23)8-18)9-13-4-5-19-17(13)24;1-9(2)5-11(16)12(19)8-18(13(20)6-15)7-10-3-4-17-14(10)21;1-2-9-3(8)4(5,6)7;3-2(4,5)1(6)7;/h11,13-14H,4-10H2,1-3H3,(H,19,24);9-11H,3-8,16H2,1-2H3,(H,17,21);2H2,1H3;(H,6,7);1H4/t13-,14+;10-,11-;;;/m00.../s1. The molecule has 0 unspecified atom stereocenters. The number of carbonyl (C=O) groups is 9. The minimum Gasteiger partial charge on any atom is -0.542 e. The van der Waals surface area contributed by atoms with Gasteiger partial charge in [0.05, 0.1) is 31.5 Å². The highest BCUT2D eigenvalue weighted by Crippen LogP contribution is 2.20. The van der Waals surface area contributed by atoms with Crippen molar-refractivity contribution < 1.29 is 85.1 Å². The summed E-state index contributed by atoms with van der Waals surface area (Å²) in [6.45, 7) is 12.1. The van der Waals surface area contributed by atoms with Crippen LogP contribution in [0.1, 0.15) is 81.1 Å². The number of carboxylic acids is 1. The lowest BCUT2D eigenvalue weighted by Crippen LogP contribution is -2.67. The number of aliphatic carboxylic acids is 1. The molecule has 0 aliphatic carbocycles. The van der Waals surface area contributed by atoms with Gasteiger partial charge in [-0.15, -0.1) is 23.2 Å². The second kappa shape index (κ2) is 30.9. The molecule has 0 bridgehead atoms. The van der Waals surface area contributed by atoms with E-state index in [1.165, 1.54) is 23.6 Å². The molecule has 2 heterocycles. The third-order valence-corrected chi connectivity index (χ3v) is 8.99. The lowest BCUT2D eigenvalue weighted by molar-refractivity contribution is -0.406. The van der Waals surface area contributed by atoms with Crippen LogP contribution in [-0.2, 0) is 47.9 Å². The summed E-state index contributed by atoms with van der Waals surface area (Å²) in [6, 6.07) is -0.340. The van der Waals surface area contributed by atoms with Crippen molar-refractivity contribution in [1.29, 1.82) is 0 Å². The molecule has 2 fully saturated rings. The van der Waals surface area contributed by atoms with E-state index in [0.717, 1.165) is 0 Å². The molecular formula is C38H61Cl2F6N5O11. The van der Waals surface area contributed by atoms with Crippen LogP contribution in [-0.4, -0.2) is 139 Å². The fourth-order valence-electron chi connectivity index (χ4n) is 5.64. The summed E-state index contributed by atoms with van der Waals surface area (Å²) in [6.07, 6.45) is -7.25. The number of esters is 1. The number of hydrogen-bond donors (Lipinski definition) is 3. The summed E-state index contributed by atoms with van der Waals surface area (Å²) in [7, 11) is 0. The monoisotopic (exact) mass is 947 g/mol. The molecule has 0 spiro atoms. The zero-order valence-electron chi connectivity index (χ0n) is 35.0. The van der Waals surface area contributed by atoms with Crippen LogP contribution in [0.4, 0.5) is 26.3 Å². The van der Waals surface area contributed by atoms with Gasteiger partial charge in [0.25, 0.3) is 0 Å². The zero-order valence-corrected chi connectivity index (χ0v) is 36.5. The Kier molecular flexibility index (Phi) is 31.0. The topological polar surface area (TPSA) is 244 Å². The van der Waals surface area contributed by atoms with Gasteiger partial charge in [0.2, 0.25) is 29.4 Å². The highest BCUT2D eigenvalue weighted by molar-refractivity contribution is 6.27. The molecule has 0 aromatic rings. The van der Waals surface area contributed by atoms with Crippen LogP contribution in [0.25, 0.3) is 0 Å². The number of alkyl halides is 8. The number of carboxylic acid groups (broad SMARTS) is 1. The SMILES string of the molecule is C.CC(=O)C[C@@H](CC(C)C)C(=O)CN(C[C@@H]1CCNC1=O)C(=O)CCl.CC(C)C[C@H]([NH3+])C(=O)CN(C[C@@H]1CCNC1=O)C(=O)CCl.CCOC(=O)C(F)(F)F.O=C([O-])C(F)(F)F. The largest absolute Gasteiger partial charge is 0.542 e. The zero-order chi connectivity index (χ0) is 47.8. The number of quaternary nitrogens is 1. The van der Waals surface area contributed by atoms with E-state index in [0.29, 0.717) is 44.7 Å². The van der Waals surface area contributed by atoms with Crippen LogP contribution in [0, 0.1) is 29.6 Å². The van der Waals surface area contributed by atoms with Gasteiger partial charge in [-0.25, -0.2) is 4.79 Å². The smallest absolute Gasteiger partial charge is 0.490 e. The first-order valence-corrected chi connectivity index (χ1v) is 20.2. The van der Waals surface area contributed by atoms with Crippen LogP contribution in [0.2, 0.25) is 0 Å². The van der Waals surface area contributed by atoms with Crippen LogP contribution < -0.4 is 21.5 Å². The third kappa shape index (κ3) is 27.1. The number of nitrogens with one attached hydrogen (secondary N) is 2. The molecule has 2 saturated heterocycles. The minimum atomic E-state index is -5.19. The van der Waals surface area contributed by atoms with Crippen LogP contribution in [0.15, 0.2) is 0 Å². The van der Waals surface area contributed by atoms with Crippen molar-refractivity contribution in [3.8, 4) is 0 Å². The van der Waals surface area contributed by atoms with Crippen LogP contribution >= 0.6 is 23.2 Å². The number of halogens is 8. The van der Waals surface area contributed by atoms with Gasteiger partial charge in [-0.3, -0.25) is 28.8 Å². The normalized spacial score (nSPS) is 16.6. The fourth-order valence-corrected chi connectivity index (χ4v) is 5.98. The van der Waals surface area contributed by atoms with Gasteiger partial charge in [0.1, 0.15) is 29.6 Å². The Morgan fingerprint density at radius 2 is 1.16 bits per heavy atom. The second-order valence-electron chi connectivity index (χ2n) is 14.9. The predicted octanol–water partition coefficient (Wildman–Crippen LogP) is 1.86. The quantitative estimate of drug-likeness (QED) is 0.0959. The summed E-state index contributed by atoms with van der Waals surface area (Å²) < 4.78 is 68.7. The number of rotatable bonds is 19. The van der Waals surface area contributed by atoms with Crippen molar-refractivity contribution in [3.63, 3.8) is 0 Å². The Hall–Kier alpha value is -4.05. The Bertz CT molecular complexity index is 1490. The van der Waals surface area contributed by atoms with E-state index in [9.17, 15) is 64.7 Å². The lowest BCUT2D eigenvalue weighted by Gasteiger charge is -2.26. The molecule has 2 rings (SSSR count). The first-order valence-electron chi connectivity index (χ1n) is 19.1. The molecule has 16 nitrogen and oxygen atoms in total. The minimum absolute atomic E-state index is 0. The molecule has 0 radical (unpaired) electrons. The van der Waals surface area contributed by atoms with Crippen molar-refractivity contribution >= 4 is 76.1 Å². The molecule has 360 valence electrons. The van der Waals surface area contributed by atoms with Crippen LogP contribution in [0.5, 0.6) is 0 Å². The number of carbonyl (C=O) groups excluding carboxylic acids is 9. The molecule has 4 amide bonds. The number of amides is 4. The maximum Gasteiger partial charge on any atom is 0.490 e. The average molecular weight is 949 g/mol. The van der Waals surface area contributed by atoms with Crippen molar-refractivity contribution in [2.24, 2.45) is 29.6 Å². The molecule has 24 heteroatoms. The highest BCUT2D eigenvalue weighted by Gasteiger charge is 2.40. The van der Waals surface area contributed by atoms with Crippen molar-refractivity contribution in [3.05, 3.63) is 0 Å². The first-order chi connectivity index (χ1) is 28.0. The molecular weight excluding hydrogens is 887 g/mol. The molecule has 0 saturated carbocycles. The molecule has 2 aliphatic rings. The van der Waals surface area contributed by atoms with Crippen molar-refractivity contribution in [2.45, 2.75) is 99.5 Å². The van der Waals surface area contributed by atoms with Gasteiger partial charge in [0, 0.05) is 44.9 Å². The number of ether oxygens (including phenoxy) is 1. The summed E-state index contributed by atoms with van der Waals surface area (Å²) in [5.41, 5.74) is 3.86. The molecule has 4 atom stereocenters. The maximum absolute atomic E-state index is 12.6. The van der Waals surface area contributed by atoms with Gasteiger partial charge >= 0.3 is 18.3 Å². The first kappa shape index (κ1) is 62.2. The number of Topliss-reactive ketones (excluding diaryl/α,β-unsaturated/α-hetero) is 3. The summed E-state index contributed by atoms with van der Waals surface area (Å²) in [4.78, 5) is 105. The van der Waals surface area contributed by atoms with Crippen molar-refractivity contribution in [2.75, 3.05) is 57.6 Å². The molecule has 2 aliphatic heterocycles. The molecule has 5 N–H and O–H groups in total. The highest BCUT2D eigenvalue weighted by atomic mass is 35.5. The van der Waals surface area contributed by atoms with Crippen LogP contribution in [0.3, 0.4) is 0 Å². The Morgan fingerprint density at radius 3 is 1.42 bits per heavy atom. The van der Waals surface area contributed by atoms with E-state index in [2.05, 4.69) is 21.1 Å². The van der Waals surface area contributed by atoms with E-state index in [1.54, 1.807) is 0 Å². The van der Waals surface area contributed by atoms with E-state index in [4.69, 9.17) is 33.1 Å². The Morgan fingerprint density at radius 1 is 0.774 bits per heavy atom. The average Bonchev–Trinajstić information content (AvgIpc) is 3.75. The molecule has 0 aromatic heterocycles. The number of nitrogens with zero attached hydrogens (tertiary/aromatic N) is 2. The second-order valence-corrected chi connectivity index (χ2v) is 15.4. The summed E-state index contributed by atoms with van der Waals surface area (Å²) in [5, 5.41) is 14.2. The summed E-state index contributed by atoms with van der Waals surface area (Å²) >= 11 is 11.2. The number of hydrogen-bond acceptors (Lipinski definition) is 11. The summed E-state index contributed by atoms with van der Waals surface area (Å²) in [5.74, 6) is -6.99. The molecule has 0 aromatic carbocycles. The van der Waals surface area contributed by atoms with Gasteiger partial charge < -0.3 is 45.6 Å². The van der Waals surface area contributed by atoms with Gasteiger partial charge in [-0.2, -0.15) is 26.3 Å². The van der Waals surface area contributed by atoms with E-state index in [1.807, 2.05) is 27.7 Å². The predicted molar refractivity (Wildman–Crippen MR) is 212 cm³/mol. The van der Waals surface area contributed by atoms with Crippen molar-refractivity contribution in [1.82, 2.24) is 20.4 Å². The van der Waals surface area contributed by atoms with E-state index < -0.39 is 30.2 Å². The molecule has 62 heavy (non-hydrogen) atoms. The van der Waals surface area contributed by atoms with Gasteiger partial charge in [-0.1, -0.05) is 35.1 Å². The van der Waals surface area contributed by atoms with E-state index >= 15 is 0 Å². The Labute approximate surface area is 367 Å². The van der Waals surface area contributed by atoms with Gasteiger partial charge in [-0.05, 0) is 44.9 Å². The third-order valence-electron chi connectivity index (χ3n) is 8.53. The Balaban J connectivity index is -0.000000828. The lowest BCUT2D eigenvalue weighted by atomic mass is 9.88. The van der Waals surface area contributed by atoms with Gasteiger partial charge in [0.15, 0.2) is 5.78 Å².